The van der Waals surface area contributed by atoms with Crippen molar-refractivity contribution in [1.29, 1.82) is 10.7 Å². The fourth-order valence-corrected chi connectivity index (χ4v) is 11.0. The van der Waals surface area contributed by atoms with E-state index in [-0.39, 0.29) is 5.84 Å². The molecule has 0 saturated carbocycles. The molecule has 0 spiro atoms. The smallest absolute Gasteiger partial charge is 0.161 e. The molecule has 4 heteroatoms. The highest BCUT2D eigenvalue weighted by Crippen LogP contribution is 2.42. The molecule has 13 rings (SSSR count). The first-order valence-corrected chi connectivity index (χ1v) is 25.5. The molecule has 0 radical (unpaired) electrons. The number of aliphatic imine (C=N–C) groups is 2. The minimum atomic E-state index is 0.128. The highest BCUT2D eigenvalue weighted by Gasteiger charge is 2.18. The van der Waals surface area contributed by atoms with Gasteiger partial charge >= 0.3 is 0 Å². The van der Waals surface area contributed by atoms with Gasteiger partial charge in [-0.05, 0) is 128 Å². The predicted octanol–water partition coefficient (Wildman–Crippen LogP) is 18.6. The molecule has 13 aromatic carbocycles. The molecule has 0 unspecified atom stereocenters. The molecule has 0 atom stereocenters. The Hall–Kier alpha value is -10.3. The average molecular weight is 967 g/mol. The summed E-state index contributed by atoms with van der Waals surface area (Å²) < 4.78 is 0. The molecule has 0 fully saturated rings. The lowest BCUT2D eigenvalue weighted by molar-refractivity contribution is 1.40. The normalized spacial score (nSPS) is 11.8. The predicted molar refractivity (Wildman–Crippen MR) is 320 cm³/mol. The van der Waals surface area contributed by atoms with Crippen LogP contribution in [0, 0.1) is 16.7 Å². The molecule has 4 nitrogen and oxygen atoms in total. The van der Waals surface area contributed by atoms with Crippen LogP contribution in [-0.4, -0.2) is 17.9 Å². The highest BCUT2D eigenvalue weighted by atomic mass is 14.9. The number of rotatable bonds is 8. The first kappa shape index (κ1) is 45.5. The van der Waals surface area contributed by atoms with Crippen LogP contribution < -0.4 is 0 Å². The zero-order valence-electron chi connectivity index (χ0n) is 41.3. The molecule has 13 aromatic rings. The minimum absolute atomic E-state index is 0.128. The van der Waals surface area contributed by atoms with Crippen molar-refractivity contribution in [3.05, 3.63) is 289 Å². The summed E-state index contributed by atoms with van der Waals surface area (Å²) in [6.07, 6.45) is 1.82. The van der Waals surface area contributed by atoms with Gasteiger partial charge in [0.1, 0.15) is 6.07 Å². The Balaban J connectivity index is 0.828. The van der Waals surface area contributed by atoms with Gasteiger partial charge in [-0.3, -0.25) is 5.41 Å². The maximum Gasteiger partial charge on any atom is 0.161 e. The van der Waals surface area contributed by atoms with E-state index >= 15 is 0 Å². The number of nitriles is 1. The van der Waals surface area contributed by atoms with E-state index in [0.29, 0.717) is 17.0 Å². The number of fused-ring (bicyclic) bond motifs is 9. The highest BCUT2D eigenvalue weighted by molar-refractivity contribution is 6.26. The van der Waals surface area contributed by atoms with Crippen LogP contribution in [0.4, 0.5) is 0 Å². The largest absolute Gasteiger partial charge is 0.282 e. The summed E-state index contributed by atoms with van der Waals surface area (Å²) in [5, 5.41) is 32.2. The summed E-state index contributed by atoms with van der Waals surface area (Å²) in [7, 11) is 0. The van der Waals surface area contributed by atoms with E-state index in [4.69, 9.17) is 15.4 Å². The maximum absolute atomic E-state index is 11.0. The molecule has 0 aliphatic rings. The van der Waals surface area contributed by atoms with Gasteiger partial charge in [-0.1, -0.05) is 243 Å². The van der Waals surface area contributed by atoms with Crippen LogP contribution in [0.25, 0.3) is 109 Å². The van der Waals surface area contributed by atoms with Crippen molar-refractivity contribution < 1.29 is 0 Å². The van der Waals surface area contributed by atoms with Crippen LogP contribution in [0.3, 0.4) is 0 Å². The van der Waals surface area contributed by atoms with E-state index in [1.165, 1.54) is 53.9 Å². The summed E-state index contributed by atoms with van der Waals surface area (Å²) in [5.41, 5.74) is 13.1. The fourth-order valence-electron chi connectivity index (χ4n) is 11.0. The third kappa shape index (κ3) is 8.38. The van der Waals surface area contributed by atoms with Gasteiger partial charge < -0.3 is 0 Å². The van der Waals surface area contributed by atoms with Gasteiger partial charge in [-0.2, -0.15) is 5.26 Å². The summed E-state index contributed by atoms with van der Waals surface area (Å²) >= 11 is 0. The van der Waals surface area contributed by atoms with E-state index in [1.54, 1.807) is 0 Å². The lowest BCUT2D eigenvalue weighted by Gasteiger charge is -2.16. The topological polar surface area (TPSA) is 72.4 Å². The van der Waals surface area contributed by atoms with Gasteiger partial charge in [0, 0.05) is 28.5 Å². The molecule has 354 valence electrons. The summed E-state index contributed by atoms with van der Waals surface area (Å²) in [6, 6.07) is 95.2. The molecule has 0 aliphatic carbocycles. The number of nitrogens with zero attached hydrogens (tertiary/aromatic N) is 3. The Bertz CT molecular complexity index is 4500. The quantitative estimate of drug-likeness (QED) is 0.0920. The SMILES string of the molecule is N#Cc1c(-c2cccc(-c3cccc(C=NC(=NC(=N)c4ccccc4)c4ccc(-c5cc6ccccc6c6ccccc56)cc4)c3)c2)cccc1-c1ccccc1-c1ccc2c3ccccc3c3ccccc3c2c1. The molecule has 0 saturated heterocycles. The zero-order valence-corrected chi connectivity index (χ0v) is 41.3. The summed E-state index contributed by atoms with van der Waals surface area (Å²) in [4.78, 5) is 9.83. The lowest BCUT2D eigenvalue weighted by atomic mass is 9.87. The monoisotopic (exact) mass is 966 g/mol. The van der Waals surface area contributed by atoms with Crippen LogP contribution in [0.2, 0.25) is 0 Å². The second kappa shape index (κ2) is 19.6. The second-order valence-electron chi connectivity index (χ2n) is 19.1. The van der Waals surface area contributed by atoms with E-state index in [9.17, 15) is 5.26 Å². The molecule has 0 amide bonds. The molecular weight excluding hydrogens is 921 g/mol. The van der Waals surface area contributed by atoms with Gasteiger partial charge in [-0.15, -0.1) is 0 Å². The van der Waals surface area contributed by atoms with Crippen molar-refractivity contribution in [2.75, 3.05) is 0 Å². The number of hydrogen-bond donors (Lipinski definition) is 1. The van der Waals surface area contributed by atoms with Crippen molar-refractivity contribution in [1.82, 2.24) is 0 Å². The molecule has 0 heterocycles. The van der Waals surface area contributed by atoms with Gasteiger partial charge in [-0.25, -0.2) is 9.98 Å². The summed E-state index contributed by atoms with van der Waals surface area (Å²) in [5.74, 6) is 0.563. The van der Waals surface area contributed by atoms with Gasteiger partial charge in [0.25, 0.3) is 0 Å². The zero-order chi connectivity index (χ0) is 51.0. The average Bonchev–Trinajstić information content (AvgIpc) is 3.52. The number of benzene rings is 13. The molecule has 1 N–H and O–H groups in total. The standard InChI is InChI=1S/C72H46N4/c73-45-70-58(33-16-34-66(70)60-27-7-6-25-57(60)55-39-40-67-63-30-10-9-28-61(63)62-29-11-13-32-65(62)69(67)44-55)53-23-15-22-52(42-53)51-21-14-17-47(41-51)46-75-72(76-71(74)49-18-2-1-3-19-49)50-37-35-48(36-38-50)68-43-54-20-4-5-24-56(54)59-26-8-12-31-64(59)68/h1-44,46,74H. The Morgan fingerprint density at radius 2 is 0.855 bits per heavy atom. The van der Waals surface area contributed by atoms with Crippen molar-refractivity contribution in [3.8, 4) is 61.7 Å². The van der Waals surface area contributed by atoms with E-state index in [0.717, 1.165) is 66.8 Å². The van der Waals surface area contributed by atoms with Gasteiger partial charge in [0.05, 0.1) is 5.56 Å². The number of hydrogen-bond acceptors (Lipinski definition) is 2. The second-order valence-corrected chi connectivity index (χ2v) is 19.1. The maximum atomic E-state index is 11.0. The van der Waals surface area contributed by atoms with Crippen LogP contribution in [-0.2, 0) is 0 Å². The van der Waals surface area contributed by atoms with E-state index < -0.39 is 0 Å². The molecule has 0 aromatic heterocycles. The van der Waals surface area contributed by atoms with Crippen molar-refractivity contribution in [2.24, 2.45) is 9.98 Å². The Labute approximate surface area is 441 Å². The van der Waals surface area contributed by atoms with E-state index in [1.807, 2.05) is 66.9 Å². The first-order valence-electron chi connectivity index (χ1n) is 25.5. The lowest BCUT2D eigenvalue weighted by Crippen LogP contribution is -2.04. The molecule has 0 bridgehead atoms. The number of nitrogens with one attached hydrogen (secondary N) is 1. The van der Waals surface area contributed by atoms with E-state index in [2.05, 4.69) is 212 Å². The van der Waals surface area contributed by atoms with Crippen LogP contribution in [0.5, 0.6) is 0 Å². The van der Waals surface area contributed by atoms with Crippen LogP contribution >= 0.6 is 0 Å². The van der Waals surface area contributed by atoms with Crippen LogP contribution in [0.1, 0.15) is 22.3 Å². The molecule has 76 heavy (non-hydrogen) atoms. The third-order valence-electron chi connectivity index (χ3n) is 14.7. The van der Waals surface area contributed by atoms with Gasteiger partial charge in [0.2, 0.25) is 0 Å². The van der Waals surface area contributed by atoms with Crippen molar-refractivity contribution in [3.63, 3.8) is 0 Å². The first-order chi connectivity index (χ1) is 37.6. The molecule has 0 aliphatic heterocycles. The fraction of sp³-hybridized carbons (Fsp3) is 0. The minimum Gasteiger partial charge on any atom is -0.282 e. The number of amidine groups is 2. The van der Waals surface area contributed by atoms with Crippen molar-refractivity contribution in [2.45, 2.75) is 0 Å². The molecular formula is C72H46N4. The third-order valence-corrected chi connectivity index (χ3v) is 14.7. The summed E-state index contributed by atoms with van der Waals surface area (Å²) in [6.45, 7) is 0. The Morgan fingerprint density at radius 3 is 1.58 bits per heavy atom. The van der Waals surface area contributed by atoms with Crippen molar-refractivity contribution >= 4 is 71.7 Å². The van der Waals surface area contributed by atoms with Crippen LogP contribution in [0.15, 0.2) is 277 Å². The Morgan fingerprint density at radius 1 is 0.342 bits per heavy atom. The Kier molecular flexibility index (Phi) is 11.7. The van der Waals surface area contributed by atoms with Gasteiger partial charge in [0.15, 0.2) is 11.7 Å².